The zero-order chi connectivity index (χ0) is 30.5. The van der Waals surface area contributed by atoms with Crippen molar-refractivity contribution in [3.8, 4) is 17.2 Å². The minimum Gasteiger partial charge on any atom is -0.497 e. The van der Waals surface area contributed by atoms with Gasteiger partial charge >= 0.3 is 5.97 Å². The van der Waals surface area contributed by atoms with E-state index in [2.05, 4.69) is 4.99 Å². The number of carbonyl (C=O) groups excluding carboxylic acids is 1. The summed E-state index contributed by atoms with van der Waals surface area (Å²) in [6.07, 6.45) is 1.80. The number of hydrogen-bond donors (Lipinski definition) is 0. The van der Waals surface area contributed by atoms with Crippen LogP contribution < -0.4 is 29.1 Å². The molecule has 0 fully saturated rings. The largest absolute Gasteiger partial charge is 0.497 e. The Morgan fingerprint density at radius 3 is 2.37 bits per heavy atom. The Morgan fingerprint density at radius 2 is 1.70 bits per heavy atom. The molecule has 0 N–H and O–H groups in total. The number of ether oxygens (including phenoxy) is 4. The van der Waals surface area contributed by atoms with E-state index in [4.69, 9.17) is 30.5 Å². The van der Waals surface area contributed by atoms with Gasteiger partial charge in [-0.1, -0.05) is 47.2 Å². The zero-order valence-electron chi connectivity index (χ0n) is 24.3. The maximum Gasteiger partial charge on any atom is 0.338 e. The molecule has 1 unspecified atom stereocenters. The minimum atomic E-state index is -0.692. The molecule has 2 heterocycles. The third-order valence-corrected chi connectivity index (χ3v) is 8.26. The lowest BCUT2D eigenvalue weighted by Gasteiger charge is -2.24. The van der Waals surface area contributed by atoms with Gasteiger partial charge < -0.3 is 18.9 Å². The van der Waals surface area contributed by atoms with Crippen molar-refractivity contribution in [1.82, 2.24) is 4.57 Å². The molecule has 1 atom stereocenters. The van der Waals surface area contributed by atoms with E-state index in [1.165, 1.54) is 11.3 Å². The van der Waals surface area contributed by atoms with E-state index in [1.807, 2.05) is 55.5 Å². The van der Waals surface area contributed by atoms with Gasteiger partial charge in [-0.25, -0.2) is 9.79 Å². The molecule has 5 rings (SSSR count). The molecule has 1 aromatic heterocycles. The monoisotopic (exact) mass is 618 g/mol. The van der Waals surface area contributed by atoms with Crippen LogP contribution in [0.5, 0.6) is 17.2 Å². The van der Waals surface area contributed by atoms with Gasteiger partial charge in [0.2, 0.25) is 0 Å². The summed E-state index contributed by atoms with van der Waals surface area (Å²) in [5.41, 5.74) is 3.07. The molecule has 3 aromatic carbocycles. The number of esters is 1. The maximum atomic E-state index is 13.9. The Labute approximate surface area is 258 Å². The lowest BCUT2D eigenvalue weighted by atomic mass is 9.96. The summed E-state index contributed by atoms with van der Waals surface area (Å²) in [7, 11) is 1.59. The molecule has 0 radical (unpaired) electrons. The molecule has 222 valence electrons. The highest BCUT2D eigenvalue weighted by Gasteiger charge is 2.33. The number of nitrogens with zero attached hydrogens (tertiary/aromatic N) is 2. The minimum absolute atomic E-state index is 0.209. The number of rotatable bonds is 10. The van der Waals surface area contributed by atoms with E-state index in [9.17, 15) is 9.59 Å². The van der Waals surface area contributed by atoms with Gasteiger partial charge in [0.25, 0.3) is 5.56 Å². The van der Waals surface area contributed by atoms with Crippen LogP contribution in [0.1, 0.15) is 36.6 Å². The highest BCUT2D eigenvalue weighted by Crippen LogP contribution is 2.31. The van der Waals surface area contributed by atoms with Gasteiger partial charge in [0.1, 0.15) is 30.5 Å². The van der Waals surface area contributed by atoms with E-state index in [0.717, 1.165) is 22.4 Å². The Bertz CT molecular complexity index is 1860. The van der Waals surface area contributed by atoms with Crippen LogP contribution >= 0.6 is 22.9 Å². The van der Waals surface area contributed by atoms with E-state index >= 15 is 0 Å². The zero-order valence-corrected chi connectivity index (χ0v) is 25.8. The van der Waals surface area contributed by atoms with Crippen LogP contribution in [-0.4, -0.2) is 37.5 Å². The summed E-state index contributed by atoms with van der Waals surface area (Å²) in [5, 5.41) is 0.693. The van der Waals surface area contributed by atoms with Gasteiger partial charge in [-0.3, -0.25) is 9.36 Å². The van der Waals surface area contributed by atoms with Crippen LogP contribution in [0, 0.1) is 6.92 Å². The molecule has 4 aromatic rings. The summed E-state index contributed by atoms with van der Waals surface area (Å²) in [6, 6.07) is 19.6. The molecule has 1 aliphatic heterocycles. The number of aryl methyl sites for hydroxylation is 1. The van der Waals surface area contributed by atoms with Crippen molar-refractivity contribution in [2.75, 3.05) is 26.9 Å². The van der Waals surface area contributed by atoms with Gasteiger partial charge in [0.15, 0.2) is 4.80 Å². The fraction of sp³-hybridized carbons (Fsp3) is 0.242. The molecule has 1 aliphatic rings. The molecule has 0 saturated carbocycles. The Kier molecular flexibility index (Phi) is 9.33. The fourth-order valence-electron chi connectivity index (χ4n) is 4.76. The van der Waals surface area contributed by atoms with Crippen LogP contribution in [0.15, 0.2) is 87.8 Å². The fourth-order valence-corrected chi connectivity index (χ4v) is 5.93. The third-order valence-electron chi connectivity index (χ3n) is 6.85. The number of aromatic nitrogens is 1. The molecule has 0 amide bonds. The number of hydrogen-bond acceptors (Lipinski definition) is 8. The Morgan fingerprint density at radius 1 is 1.00 bits per heavy atom. The van der Waals surface area contributed by atoms with Gasteiger partial charge in [-0.15, -0.1) is 0 Å². The highest BCUT2D eigenvalue weighted by molar-refractivity contribution is 7.07. The van der Waals surface area contributed by atoms with Gasteiger partial charge in [0, 0.05) is 5.02 Å². The lowest BCUT2D eigenvalue weighted by Crippen LogP contribution is -2.39. The number of benzene rings is 3. The predicted octanol–water partition coefficient (Wildman–Crippen LogP) is 5.23. The first kappa shape index (κ1) is 30.1. The van der Waals surface area contributed by atoms with Crippen molar-refractivity contribution in [1.29, 1.82) is 0 Å². The number of methoxy groups -OCH3 is 1. The van der Waals surface area contributed by atoms with Crippen molar-refractivity contribution in [2.24, 2.45) is 4.99 Å². The second kappa shape index (κ2) is 13.3. The third kappa shape index (κ3) is 6.68. The number of carbonyl (C=O) groups is 1. The molecule has 8 nitrogen and oxygen atoms in total. The summed E-state index contributed by atoms with van der Waals surface area (Å²) >= 11 is 7.35. The average Bonchev–Trinajstić information content (AvgIpc) is 3.30. The molecule has 0 aliphatic carbocycles. The summed E-state index contributed by atoms with van der Waals surface area (Å²) in [6.45, 7) is 6.34. The molecule has 0 spiro atoms. The second-order valence-corrected chi connectivity index (χ2v) is 11.2. The van der Waals surface area contributed by atoms with Crippen molar-refractivity contribution < 1.29 is 23.7 Å². The summed E-state index contributed by atoms with van der Waals surface area (Å²) in [5.74, 6) is 1.54. The van der Waals surface area contributed by atoms with E-state index in [1.54, 1.807) is 49.8 Å². The first-order valence-electron chi connectivity index (χ1n) is 13.7. The first-order chi connectivity index (χ1) is 20.8. The van der Waals surface area contributed by atoms with Crippen molar-refractivity contribution in [3.05, 3.63) is 119 Å². The van der Waals surface area contributed by atoms with E-state index < -0.39 is 12.0 Å². The second-order valence-electron chi connectivity index (χ2n) is 9.76. The van der Waals surface area contributed by atoms with Crippen LogP contribution in [0.4, 0.5) is 0 Å². The van der Waals surface area contributed by atoms with Crippen LogP contribution in [0.25, 0.3) is 6.08 Å². The molecular formula is C33H31ClN2O6S. The SMILES string of the molecule is CCOC(=O)C1=C(C)N=c2sc(=Cc3cccc(OCCOc4ccc(Cl)c(C)c4)c3)c(=O)n2C1c1ccc(OC)cc1. The summed E-state index contributed by atoms with van der Waals surface area (Å²) < 4.78 is 24.4. The molecule has 10 heteroatoms. The maximum absolute atomic E-state index is 13.9. The number of allylic oxidation sites excluding steroid dienone is 1. The topological polar surface area (TPSA) is 88.4 Å². The number of fused-ring (bicyclic) bond motifs is 1. The average molecular weight is 619 g/mol. The smallest absolute Gasteiger partial charge is 0.338 e. The molecule has 0 saturated heterocycles. The summed E-state index contributed by atoms with van der Waals surface area (Å²) in [4.78, 5) is 32.1. The quantitative estimate of drug-likeness (QED) is 0.179. The predicted molar refractivity (Wildman–Crippen MR) is 167 cm³/mol. The van der Waals surface area contributed by atoms with Crippen LogP contribution in [0.3, 0.4) is 0 Å². The molecule has 0 bridgehead atoms. The van der Waals surface area contributed by atoms with Crippen LogP contribution in [0.2, 0.25) is 5.02 Å². The van der Waals surface area contributed by atoms with Gasteiger partial charge in [-0.2, -0.15) is 0 Å². The van der Waals surface area contributed by atoms with E-state index in [0.29, 0.717) is 50.3 Å². The highest BCUT2D eigenvalue weighted by atomic mass is 35.5. The van der Waals surface area contributed by atoms with Gasteiger partial charge in [0.05, 0.1) is 35.6 Å². The van der Waals surface area contributed by atoms with Crippen LogP contribution in [-0.2, 0) is 9.53 Å². The van der Waals surface area contributed by atoms with Crippen molar-refractivity contribution in [2.45, 2.75) is 26.8 Å². The molecular weight excluding hydrogens is 588 g/mol. The standard InChI is InChI=1S/C33H31ClN2O6S/c1-5-40-32(38)29-21(3)35-33-36(30(29)23-9-11-24(39-4)12-10-23)31(37)28(43-33)19-22-7-6-8-25(18-22)41-15-16-42-26-13-14-27(34)20(2)17-26/h6-14,17-19,30H,5,15-16H2,1-4H3. The number of thiazole rings is 1. The Balaban J connectivity index is 1.42. The number of halogens is 1. The first-order valence-corrected chi connectivity index (χ1v) is 14.9. The lowest BCUT2D eigenvalue weighted by molar-refractivity contribution is -0.139. The normalized spacial score (nSPS) is 14.6. The Hall–Kier alpha value is -4.34. The van der Waals surface area contributed by atoms with Gasteiger partial charge in [-0.05, 0) is 86.0 Å². The molecule has 43 heavy (non-hydrogen) atoms. The van der Waals surface area contributed by atoms with Crippen molar-refractivity contribution >= 4 is 35.0 Å². The van der Waals surface area contributed by atoms with Crippen molar-refractivity contribution in [3.63, 3.8) is 0 Å². The van der Waals surface area contributed by atoms with E-state index in [-0.39, 0.29) is 12.2 Å².